The van der Waals surface area contributed by atoms with Crippen molar-refractivity contribution in [1.82, 2.24) is 9.21 Å². The average Bonchev–Trinajstić information content (AvgIpc) is 2.82. The molecule has 1 aliphatic rings. The summed E-state index contributed by atoms with van der Waals surface area (Å²) in [6.07, 6.45) is 0. The van der Waals surface area contributed by atoms with Crippen molar-refractivity contribution in [3.05, 3.63) is 52.1 Å². The highest BCUT2D eigenvalue weighted by Crippen LogP contribution is 2.38. The molecular formula is C20H23N3O8S. The fourth-order valence-corrected chi connectivity index (χ4v) is 5.06. The summed E-state index contributed by atoms with van der Waals surface area (Å²) in [5.74, 6) is 0.680. The molecule has 0 bridgehead atoms. The number of ether oxygens (including phenoxy) is 3. The monoisotopic (exact) mass is 465 g/mol. The van der Waals surface area contributed by atoms with Crippen LogP contribution in [0, 0.1) is 10.1 Å². The van der Waals surface area contributed by atoms with Crippen molar-refractivity contribution in [2.24, 2.45) is 0 Å². The summed E-state index contributed by atoms with van der Waals surface area (Å²) in [7, 11) is 0.257. The van der Waals surface area contributed by atoms with Gasteiger partial charge in [-0.1, -0.05) is 12.1 Å². The second-order valence-corrected chi connectivity index (χ2v) is 8.74. The Hall–Kier alpha value is -3.38. The van der Waals surface area contributed by atoms with Crippen LogP contribution in [-0.2, 0) is 10.0 Å². The molecule has 0 N–H and O–H groups in total. The maximum Gasteiger partial charge on any atom is 0.289 e. The third kappa shape index (κ3) is 4.32. The van der Waals surface area contributed by atoms with E-state index in [1.54, 1.807) is 0 Å². The van der Waals surface area contributed by atoms with Crippen LogP contribution < -0.4 is 14.2 Å². The Morgan fingerprint density at radius 3 is 2.03 bits per heavy atom. The zero-order chi connectivity index (χ0) is 23.5. The maximum atomic E-state index is 13.0. The van der Waals surface area contributed by atoms with Gasteiger partial charge in [0.15, 0.2) is 16.4 Å². The first-order chi connectivity index (χ1) is 15.2. The molecule has 11 nitrogen and oxygen atoms in total. The number of nitro benzene ring substituents is 1. The van der Waals surface area contributed by atoms with Crippen molar-refractivity contribution in [3.8, 4) is 17.2 Å². The first-order valence-corrected chi connectivity index (χ1v) is 11.0. The molecule has 0 radical (unpaired) electrons. The molecule has 2 aromatic rings. The summed E-state index contributed by atoms with van der Waals surface area (Å²) in [5.41, 5.74) is -0.182. The quantitative estimate of drug-likeness (QED) is 0.447. The van der Waals surface area contributed by atoms with E-state index in [2.05, 4.69) is 0 Å². The van der Waals surface area contributed by atoms with Crippen molar-refractivity contribution in [2.75, 3.05) is 47.5 Å². The molecule has 3 rings (SSSR count). The minimum absolute atomic E-state index is 0.00451. The van der Waals surface area contributed by atoms with Crippen LogP contribution >= 0.6 is 0 Å². The molecule has 0 aliphatic carbocycles. The molecule has 0 saturated carbocycles. The normalized spacial score (nSPS) is 14.7. The number of hydrogen-bond donors (Lipinski definition) is 0. The number of hydrogen-bond acceptors (Lipinski definition) is 8. The number of carbonyl (C=O) groups excluding carboxylic acids is 1. The lowest BCUT2D eigenvalue weighted by atomic mass is 10.1. The number of rotatable bonds is 7. The van der Waals surface area contributed by atoms with Gasteiger partial charge in [-0.3, -0.25) is 14.9 Å². The first-order valence-electron chi connectivity index (χ1n) is 9.57. The van der Waals surface area contributed by atoms with Crippen molar-refractivity contribution in [1.29, 1.82) is 0 Å². The third-order valence-electron chi connectivity index (χ3n) is 5.12. The predicted octanol–water partition coefficient (Wildman–Crippen LogP) is 1.77. The van der Waals surface area contributed by atoms with Crippen LogP contribution in [0.2, 0.25) is 0 Å². The number of nitrogens with zero attached hydrogens (tertiary/aromatic N) is 3. The molecule has 12 heteroatoms. The van der Waals surface area contributed by atoms with Gasteiger partial charge in [0.1, 0.15) is 0 Å². The Balaban J connectivity index is 1.79. The van der Waals surface area contributed by atoms with E-state index in [9.17, 15) is 23.3 Å². The van der Waals surface area contributed by atoms with Crippen LogP contribution in [0.15, 0.2) is 41.3 Å². The number of methoxy groups -OCH3 is 3. The van der Waals surface area contributed by atoms with Crippen LogP contribution in [-0.4, -0.2) is 76.0 Å². The number of carbonyl (C=O) groups is 1. The Morgan fingerprint density at radius 2 is 1.53 bits per heavy atom. The lowest BCUT2D eigenvalue weighted by molar-refractivity contribution is -0.387. The first kappa shape index (κ1) is 23.3. The number of piperazine rings is 1. The summed E-state index contributed by atoms with van der Waals surface area (Å²) in [4.78, 5) is 24.7. The number of nitro groups is 1. The number of benzene rings is 2. The van der Waals surface area contributed by atoms with Gasteiger partial charge in [0.25, 0.3) is 11.6 Å². The fraction of sp³-hybridized carbons (Fsp3) is 0.350. The lowest BCUT2D eigenvalue weighted by Gasteiger charge is -2.34. The topological polar surface area (TPSA) is 129 Å². The zero-order valence-corrected chi connectivity index (χ0v) is 18.6. The van der Waals surface area contributed by atoms with Gasteiger partial charge in [-0.15, -0.1) is 0 Å². The minimum atomic E-state index is -4.08. The van der Waals surface area contributed by atoms with E-state index in [1.807, 2.05) is 0 Å². The van der Waals surface area contributed by atoms with E-state index in [4.69, 9.17) is 14.2 Å². The molecule has 2 aromatic carbocycles. The number of para-hydroxylation sites is 1. The summed E-state index contributed by atoms with van der Waals surface area (Å²) in [5, 5.41) is 11.2. The molecule has 32 heavy (non-hydrogen) atoms. The maximum absolute atomic E-state index is 13.0. The van der Waals surface area contributed by atoms with Gasteiger partial charge >= 0.3 is 0 Å². The Bertz CT molecular complexity index is 1100. The van der Waals surface area contributed by atoms with E-state index < -0.39 is 20.6 Å². The second-order valence-electron chi connectivity index (χ2n) is 6.84. The standard InChI is InChI=1S/C20H23N3O8S/c1-29-16-12-14(13-17(30-2)19(16)31-3)20(24)21-8-10-22(11-9-21)32(27,28)18-7-5-4-6-15(18)23(25)26/h4-7,12-13H,8-11H2,1-3H3. The molecule has 1 heterocycles. The van der Waals surface area contributed by atoms with E-state index in [1.165, 1.54) is 56.6 Å². The molecule has 1 aliphatic heterocycles. The molecule has 0 spiro atoms. The summed E-state index contributed by atoms with van der Waals surface area (Å²) in [6.45, 7) is 0.250. The summed E-state index contributed by atoms with van der Waals surface area (Å²) < 4.78 is 42.9. The highest BCUT2D eigenvalue weighted by atomic mass is 32.2. The Kier molecular flexibility index (Phi) is 6.84. The molecule has 1 saturated heterocycles. The van der Waals surface area contributed by atoms with Gasteiger partial charge in [0.05, 0.1) is 26.3 Å². The third-order valence-corrected chi connectivity index (χ3v) is 7.06. The van der Waals surface area contributed by atoms with E-state index in [0.717, 1.165) is 10.4 Å². The van der Waals surface area contributed by atoms with E-state index in [0.29, 0.717) is 22.8 Å². The fourth-order valence-electron chi connectivity index (χ4n) is 3.48. The van der Waals surface area contributed by atoms with E-state index in [-0.39, 0.29) is 37.0 Å². The van der Waals surface area contributed by atoms with Crippen LogP contribution in [0.1, 0.15) is 10.4 Å². The van der Waals surface area contributed by atoms with Crippen LogP contribution in [0.4, 0.5) is 5.69 Å². The predicted molar refractivity (Wildman–Crippen MR) is 114 cm³/mol. The SMILES string of the molecule is COc1cc(C(=O)N2CCN(S(=O)(=O)c3ccccc3[N+](=O)[O-])CC2)cc(OC)c1OC. The zero-order valence-electron chi connectivity index (χ0n) is 17.8. The highest BCUT2D eigenvalue weighted by Gasteiger charge is 2.34. The average molecular weight is 465 g/mol. The van der Waals surface area contributed by atoms with Gasteiger partial charge in [0, 0.05) is 37.8 Å². The van der Waals surface area contributed by atoms with Crippen molar-refractivity contribution >= 4 is 21.6 Å². The lowest BCUT2D eigenvalue weighted by Crippen LogP contribution is -2.50. The molecule has 1 amide bonds. The van der Waals surface area contributed by atoms with Gasteiger partial charge in [-0.2, -0.15) is 4.31 Å². The summed E-state index contributed by atoms with van der Waals surface area (Å²) >= 11 is 0. The number of sulfonamides is 1. The highest BCUT2D eigenvalue weighted by molar-refractivity contribution is 7.89. The molecule has 1 fully saturated rings. The second kappa shape index (κ2) is 9.40. The largest absolute Gasteiger partial charge is 0.493 e. The van der Waals surface area contributed by atoms with Crippen LogP contribution in [0.3, 0.4) is 0 Å². The number of amides is 1. The summed E-state index contributed by atoms with van der Waals surface area (Å²) in [6, 6.07) is 8.26. The van der Waals surface area contributed by atoms with Gasteiger partial charge < -0.3 is 19.1 Å². The van der Waals surface area contributed by atoms with Gasteiger partial charge in [0.2, 0.25) is 15.8 Å². The smallest absolute Gasteiger partial charge is 0.289 e. The van der Waals surface area contributed by atoms with Crippen molar-refractivity contribution in [2.45, 2.75) is 4.90 Å². The van der Waals surface area contributed by atoms with Crippen LogP contribution in [0.25, 0.3) is 0 Å². The molecule has 0 unspecified atom stereocenters. The minimum Gasteiger partial charge on any atom is -0.493 e. The van der Waals surface area contributed by atoms with Crippen LogP contribution in [0.5, 0.6) is 17.2 Å². The van der Waals surface area contributed by atoms with Gasteiger partial charge in [-0.05, 0) is 18.2 Å². The molecule has 0 atom stereocenters. The molecule has 0 aromatic heterocycles. The molecule has 172 valence electrons. The Labute approximate surface area is 185 Å². The van der Waals surface area contributed by atoms with Crippen molar-refractivity contribution < 1.29 is 32.3 Å². The Morgan fingerprint density at radius 1 is 0.969 bits per heavy atom. The van der Waals surface area contributed by atoms with E-state index >= 15 is 0 Å². The molecular weight excluding hydrogens is 442 g/mol. The van der Waals surface area contributed by atoms with Gasteiger partial charge in [-0.25, -0.2) is 8.42 Å². The van der Waals surface area contributed by atoms with Crippen molar-refractivity contribution in [3.63, 3.8) is 0 Å².